The maximum absolute atomic E-state index is 9.76. The fourth-order valence-corrected chi connectivity index (χ4v) is 2.94. The first-order valence-electron chi connectivity index (χ1n) is 9.57. The van der Waals surface area contributed by atoms with Crippen molar-refractivity contribution < 1.29 is 9.76 Å². The summed E-state index contributed by atoms with van der Waals surface area (Å²) < 4.78 is 6.23. The van der Waals surface area contributed by atoms with Crippen molar-refractivity contribution >= 4 is 22.2 Å². The topological polar surface area (TPSA) is 29.5 Å². The molecule has 0 saturated carbocycles. The van der Waals surface area contributed by atoms with Gasteiger partial charge in [0.05, 0.1) is 5.60 Å². The Morgan fingerprint density at radius 2 is 1.25 bits per heavy atom. The lowest BCUT2D eigenvalue weighted by molar-refractivity contribution is 0.0841. The fraction of sp³-hybridized carbons (Fsp3) is 0.250. The summed E-state index contributed by atoms with van der Waals surface area (Å²) in [7, 11) is 3.45. The molecule has 144 valence electrons. The van der Waals surface area contributed by atoms with Crippen molar-refractivity contribution in [3.63, 3.8) is 0 Å². The van der Waals surface area contributed by atoms with Crippen LogP contribution in [0.5, 0.6) is 5.75 Å². The lowest BCUT2D eigenvalue weighted by Gasteiger charge is -2.39. The molecule has 28 heavy (non-hydrogen) atoms. The van der Waals surface area contributed by atoms with Crippen LogP contribution in [0.4, 0.5) is 0 Å². The van der Waals surface area contributed by atoms with Crippen molar-refractivity contribution in [2.24, 2.45) is 0 Å². The van der Waals surface area contributed by atoms with Gasteiger partial charge in [-0.3, -0.25) is 0 Å². The predicted molar refractivity (Wildman–Crippen MR) is 125 cm³/mol. The van der Waals surface area contributed by atoms with Gasteiger partial charge in [0.2, 0.25) is 0 Å². The molecular weight excluding hydrogens is 362 g/mol. The number of aromatic hydroxyl groups is 1. The average molecular weight is 390 g/mol. The van der Waals surface area contributed by atoms with Crippen molar-refractivity contribution in [2.45, 2.75) is 38.5 Å². The van der Waals surface area contributed by atoms with Crippen molar-refractivity contribution in [1.82, 2.24) is 0 Å². The number of phenols is 1. The molecule has 1 unspecified atom stereocenters. The molecule has 0 radical (unpaired) electrons. The molecular formula is C24H28BO2P. The molecule has 0 amide bonds. The number of benzene rings is 3. The Hall–Kier alpha value is -2.09. The van der Waals surface area contributed by atoms with E-state index in [1.807, 2.05) is 12.1 Å². The van der Waals surface area contributed by atoms with E-state index < -0.39 is 0 Å². The smallest absolute Gasteiger partial charge is 0.309 e. The SMILES string of the molecule is CC(C)(P)C(C)(C)OBc1cccc(-c2cccc(-c3cccc(O)c3)c2)c1. The third-order valence-electron chi connectivity index (χ3n) is 5.45. The summed E-state index contributed by atoms with van der Waals surface area (Å²) in [6.45, 7) is 8.59. The summed E-state index contributed by atoms with van der Waals surface area (Å²) >= 11 is 0. The monoisotopic (exact) mass is 390 g/mol. The summed E-state index contributed by atoms with van der Waals surface area (Å²) in [5, 5.41) is 9.75. The normalized spacial score (nSPS) is 12.0. The molecule has 3 aromatic carbocycles. The lowest BCUT2D eigenvalue weighted by Crippen LogP contribution is -2.45. The van der Waals surface area contributed by atoms with E-state index in [1.54, 1.807) is 12.1 Å². The summed E-state index contributed by atoms with van der Waals surface area (Å²) in [5.41, 5.74) is 5.30. The zero-order chi connectivity index (χ0) is 20.4. The number of rotatable bonds is 6. The van der Waals surface area contributed by atoms with Crippen LogP contribution >= 0.6 is 9.24 Å². The molecule has 0 saturated heterocycles. The van der Waals surface area contributed by atoms with Gasteiger partial charge in [-0.15, -0.1) is 9.24 Å². The molecule has 1 atom stereocenters. The zero-order valence-corrected chi connectivity index (χ0v) is 18.2. The average Bonchev–Trinajstić information content (AvgIpc) is 2.66. The predicted octanol–water partition coefficient (Wildman–Crippen LogP) is 5.15. The highest BCUT2D eigenvalue weighted by Gasteiger charge is 2.33. The highest BCUT2D eigenvalue weighted by atomic mass is 31.0. The second-order valence-corrected chi connectivity index (χ2v) is 9.80. The summed E-state index contributed by atoms with van der Waals surface area (Å²) in [6, 6.07) is 24.2. The van der Waals surface area contributed by atoms with Crippen molar-refractivity contribution in [3.8, 4) is 28.0 Å². The van der Waals surface area contributed by atoms with Crippen LogP contribution in [0.3, 0.4) is 0 Å². The quantitative estimate of drug-likeness (QED) is 0.466. The lowest BCUT2D eigenvalue weighted by atomic mass is 9.82. The van der Waals surface area contributed by atoms with E-state index in [9.17, 15) is 5.11 Å². The van der Waals surface area contributed by atoms with Crippen molar-refractivity contribution in [2.75, 3.05) is 0 Å². The van der Waals surface area contributed by atoms with E-state index in [-0.39, 0.29) is 16.5 Å². The summed E-state index contributed by atoms with van der Waals surface area (Å²) in [6.07, 6.45) is 0. The van der Waals surface area contributed by atoms with Crippen LogP contribution in [0.1, 0.15) is 27.7 Å². The van der Waals surface area contributed by atoms with E-state index in [0.29, 0.717) is 7.48 Å². The molecule has 0 aliphatic carbocycles. The third-order valence-corrected chi connectivity index (χ3v) is 6.15. The first kappa shape index (κ1) is 20.6. The highest BCUT2D eigenvalue weighted by Crippen LogP contribution is 2.33. The Bertz CT molecular complexity index is 961. The molecule has 1 N–H and O–H groups in total. The van der Waals surface area contributed by atoms with Crippen molar-refractivity contribution in [1.29, 1.82) is 0 Å². The van der Waals surface area contributed by atoms with Gasteiger partial charge in [-0.1, -0.05) is 73.9 Å². The summed E-state index contributed by atoms with van der Waals surface area (Å²) in [4.78, 5) is 0. The molecule has 3 aromatic rings. The molecule has 3 rings (SSSR count). The van der Waals surface area contributed by atoms with Gasteiger partial charge in [-0.25, -0.2) is 0 Å². The van der Waals surface area contributed by atoms with Crippen LogP contribution in [0.2, 0.25) is 0 Å². The van der Waals surface area contributed by atoms with Crippen LogP contribution in [0, 0.1) is 0 Å². The molecule has 4 heteroatoms. The van der Waals surface area contributed by atoms with E-state index >= 15 is 0 Å². The second kappa shape index (κ2) is 8.11. The van der Waals surface area contributed by atoms with Crippen LogP contribution in [-0.2, 0) is 4.65 Å². The molecule has 2 nitrogen and oxygen atoms in total. The first-order chi connectivity index (χ1) is 13.2. The van der Waals surface area contributed by atoms with Gasteiger partial charge >= 0.3 is 7.48 Å². The maximum Gasteiger partial charge on any atom is 0.309 e. The molecule has 0 aliphatic rings. The molecule has 0 spiro atoms. The van der Waals surface area contributed by atoms with Gasteiger partial charge in [0, 0.05) is 5.16 Å². The maximum atomic E-state index is 9.76. The van der Waals surface area contributed by atoms with Gasteiger partial charge < -0.3 is 9.76 Å². The van der Waals surface area contributed by atoms with Crippen LogP contribution < -0.4 is 5.46 Å². The van der Waals surface area contributed by atoms with Gasteiger partial charge in [0.15, 0.2) is 0 Å². The highest BCUT2D eigenvalue weighted by molar-refractivity contribution is 7.19. The van der Waals surface area contributed by atoms with E-state index in [2.05, 4.69) is 85.5 Å². The zero-order valence-electron chi connectivity index (χ0n) is 17.1. The standard InChI is InChI=1S/C24H28BO2P/c1-23(2,24(3,4)28)27-25-21-12-6-10-19(15-21)17-8-5-9-18(14-17)20-11-7-13-22(26)16-20/h5-16,25-26H,28H2,1-4H3. The molecule has 0 fully saturated rings. The van der Waals surface area contributed by atoms with Crippen LogP contribution in [-0.4, -0.2) is 23.3 Å². The second-order valence-electron chi connectivity index (χ2n) is 8.35. The van der Waals surface area contributed by atoms with Crippen LogP contribution in [0.25, 0.3) is 22.3 Å². The number of hydrogen-bond donors (Lipinski definition) is 1. The molecule has 0 bridgehead atoms. The first-order valence-corrected chi connectivity index (χ1v) is 10.2. The minimum absolute atomic E-state index is 0.0137. The molecule has 0 aliphatic heterocycles. The molecule has 0 aromatic heterocycles. The van der Waals surface area contributed by atoms with Gasteiger partial charge in [0.25, 0.3) is 0 Å². The van der Waals surface area contributed by atoms with E-state index in [0.717, 1.165) is 27.7 Å². The van der Waals surface area contributed by atoms with E-state index in [4.69, 9.17) is 4.65 Å². The van der Waals surface area contributed by atoms with Gasteiger partial charge in [-0.2, -0.15) is 0 Å². The van der Waals surface area contributed by atoms with E-state index in [1.165, 1.54) is 0 Å². The molecule has 0 heterocycles. The Labute approximate surface area is 171 Å². The number of hydrogen-bond acceptors (Lipinski definition) is 2. The Balaban J connectivity index is 1.84. The third kappa shape index (κ3) is 4.84. The largest absolute Gasteiger partial charge is 0.508 e. The van der Waals surface area contributed by atoms with Gasteiger partial charge in [-0.05, 0) is 54.3 Å². The van der Waals surface area contributed by atoms with Gasteiger partial charge in [0.1, 0.15) is 5.75 Å². The minimum atomic E-state index is -0.247. The Kier molecular flexibility index (Phi) is 5.98. The van der Waals surface area contributed by atoms with Crippen molar-refractivity contribution in [3.05, 3.63) is 72.8 Å². The Morgan fingerprint density at radius 1 is 0.750 bits per heavy atom. The number of phenolic OH excluding ortho intramolecular Hbond substituents is 1. The fourth-order valence-electron chi connectivity index (χ4n) is 2.85. The summed E-state index contributed by atoms with van der Waals surface area (Å²) in [5.74, 6) is 0.279. The minimum Gasteiger partial charge on any atom is -0.508 e. The van der Waals surface area contributed by atoms with Crippen LogP contribution in [0.15, 0.2) is 72.8 Å². The Morgan fingerprint density at radius 3 is 1.82 bits per heavy atom.